The average Bonchev–Trinajstić information content (AvgIpc) is 3.55. The maximum atomic E-state index is 6.27. The lowest BCUT2D eigenvalue weighted by Crippen LogP contribution is -2.57. The first kappa shape index (κ1) is 21.1. The number of nitrogens with zero attached hydrogens (tertiary/aromatic N) is 4. The second kappa shape index (κ2) is 7.39. The maximum Gasteiger partial charge on any atom is 0.158 e. The monoisotopic (exact) mass is 475 g/mol. The standard InChI is InChI=1S/C27H33N5OS/c1-15(2)21-22-16(3)24(17-10-27(11-17)13-31(4)8-9-33-27)34-26(22)30-23(21)20-12-32-25(28-14-29-32)19-7-5-6-18(19)20/h12,14-15,17,30H,5-11,13H2,1-4H3/t17-,27-. The van der Waals surface area contributed by atoms with Gasteiger partial charge in [-0.15, -0.1) is 11.3 Å². The van der Waals surface area contributed by atoms with Crippen LogP contribution in [0.3, 0.4) is 0 Å². The van der Waals surface area contributed by atoms with Crippen LogP contribution in [0, 0.1) is 6.92 Å². The third-order valence-electron chi connectivity index (χ3n) is 8.49. The molecule has 1 saturated heterocycles. The van der Waals surface area contributed by atoms with Gasteiger partial charge in [0, 0.05) is 40.7 Å². The van der Waals surface area contributed by atoms with E-state index in [1.165, 1.54) is 50.1 Å². The summed E-state index contributed by atoms with van der Waals surface area (Å²) < 4.78 is 8.25. The highest BCUT2D eigenvalue weighted by molar-refractivity contribution is 7.19. The molecule has 0 radical (unpaired) electrons. The first-order chi connectivity index (χ1) is 16.4. The summed E-state index contributed by atoms with van der Waals surface area (Å²) in [4.78, 5) is 13.8. The first-order valence-corrected chi connectivity index (χ1v) is 13.6. The lowest BCUT2D eigenvalue weighted by Gasteiger charge is -2.51. The zero-order chi connectivity index (χ0) is 23.2. The lowest BCUT2D eigenvalue weighted by atomic mass is 9.68. The van der Waals surface area contributed by atoms with Crippen molar-refractivity contribution in [2.45, 2.75) is 70.3 Å². The lowest BCUT2D eigenvalue weighted by molar-refractivity contribution is -0.154. The fourth-order valence-electron chi connectivity index (χ4n) is 7.00. The molecule has 34 heavy (non-hydrogen) atoms. The van der Waals surface area contributed by atoms with Crippen molar-refractivity contribution >= 4 is 27.2 Å². The molecule has 3 aliphatic rings. The van der Waals surface area contributed by atoms with Crippen molar-refractivity contribution in [2.75, 3.05) is 26.7 Å². The van der Waals surface area contributed by atoms with Crippen molar-refractivity contribution in [2.24, 2.45) is 0 Å². The predicted octanol–water partition coefficient (Wildman–Crippen LogP) is 5.44. The Morgan fingerprint density at radius 2 is 2.06 bits per heavy atom. The molecule has 4 aromatic heterocycles. The van der Waals surface area contributed by atoms with E-state index >= 15 is 0 Å². The number of morpholine rings is 1. The van der Waals surface area contributed by atoms with Gasteiger partial charge in [0.2, 0.25) is 0 Å². The third kappa shape index (κ3) is 2.93. The van der Waals surface area contributed by atoms with Gasteiger partial charge in [0.15, 0.2) is 5.65 Å². The van der Waals surface area contributed by atoms with Crippen molar-refractivity contribution < 1.29 is 4.74 Å². The molecule has 0 aromatic carbocycles. The molecule has 2 aliphatic carbocycles. The summed E-state index contributed by atoms with van der Waals surface area (Å²) in [5.41, 5.74) is 9.53. The van der Waals surface area contributed by atoms with Crippen molar-refractivity contribution in [1.29, 1.82) is 0 Å². The van der Waals surface area contributed by atoms with E-state index < -0.39 is 0 Å². The maximum absolute atomic E-state index is 6.27. The Balaban J connectivity index is 1.32. The van der Waals surface area contributed by atoms with Crippen LogP contribution in [0.1, 0.15) is 72.1 Å². The van der Waals surface area contributed by atoms with Crippen LogP contribution in [0.4, 0.5) is 0 Å². The Bertz CT molecular complexity index is 1420. The van der Waals surface area contributed by atoms with Crippen molar-refractivity contribution in [3.05, 3.63) is 39.7 Å². The van der Waals surface area contributed by atoms with Gasteiger partial charge < -0.3 is 14.6 Å². The Hall–Kier alpha value is -2.22. The Kier molecular flexibility index (Phi) is 4.58. The number of aromatic nitrogens is 4. The molecule has 1 aliphatic heterocycles. The number of hydrogen-bond acceptors (Lipinski definition) is 5. The highest BCUT2D eigenvalue weighted by Crippen LogP contribution is 2.54. The fraction of sp³-hybridized carbons (Fsp3) is 0.556. The number of thiophene rings is 1. The Labute approximate surface area is 204 Å². The van der Waals surface area contributed by atoms with Crippen LogP contribution >= 0.6 is 11.3 Å². The van der Waals surface area contributed by atoms with Crippen LogP contribution in [0.25, 0.3) is 27.1 Å². The van der Waals surface area contributed by atoms with Crippen LogP contribution in [-0.2, 0) is 17.6 Å². The molecule has 4 aromatic rings. The van der Waals surface area contributed by atoms with E-state index in [9.17, 15) is 0 Å². The number of nitrogens with one attached hydrogen (secondary N) is 1. The number of ether oxygens (including phenoxy) is 1. The van der Waals surface area contributed by atoms with Crippen molar-refractivity contribution in [3.63, 3.8) is 0 Å². The first-order valence-electron chi connectivity index (χ1n) is 12.8. The van der Waals surface area contributed by atoms with E-state index in [4.69, 9.17) is 4.74 Å². The Morgan fingerprint density at radius 3 is 2.85 bits per heavy atom. The minimum atomic E-state index is 0.0849. The normalized spacial score (nSPS) is 25.1. The molecule has 1 N–H and O–H groups in total. The minimum absolute atomic E-state index is 0.0849. The van der Waals surface area contributed by atoms with Gasteiger partial charge in [-0.05, 0) is 74.6 Å². The van der Waals surface area contributed by atoms with E-state index in [1.54, 1.807) is 11.2 Å². The van der Waals surface area contributed by atoms with E-state index in [1.807, 2.05) is 15.9 Å². The van der Waals surface area contributed by atoms with Crippen LogP contribution < -0.4 is 0 Å². The van der Waals surface area contributed by atoms with Crippen molar-refractivity contribution in [1.82, 2.24) is 24.5 Å². The van der Waals surface area contributed by atoms with Crippen LogP contribution in [0.5, 0.6) is 0 Å². The van der Waals surface area contributed by atoms with Crippen LogP contribution in [0.15, 0.2) is 12.5 Å². The largest absolute Gasteiger partial charge is 0.372 e. The molecule has 1 spiro atoms. The molecule has 7 heteroatoms. The van der Waals surface area contributed by atoms with Crippen LogP contribution in [-0.4, -0.2) is 56.8 Å². The summed E-state index contributed by atoms with van der Waals surface area (Å²) in [5, 5.41) is 5.95. The number of likely N-dealkylation sites (N-methyl/N-ethyl adjacent to an activating group) is 1. The molecule has 0 unspecified atom stereocenters. The summed E-state index contributed by atoms with van der Waals surface area (Å²) >= 11 is 1.98. The number of aromatic amines is 1. The average molecular weight is 476 g/mol. The summed E-state index contributed by atoms with van der Waals surface area (Å²) in [5.74, 6) is 1.06. The van der Waals surface area contributed by atoms with E-state index in [0.717, 1.165) is 51.0 Å². The molecule has 7 rings (SSSR count). The molecule has 2 fully saturated rings. The zero-order valence-corrected chi connectivity index (χ0v) is 21.4. The summed E-state index contributed by atoms with van der Waals surface area (Å²) in [6, 6.07) is 0. The Morgan fingerprint density at radius 1 is 1.24 bits per heavy atom. The van der Waals surface area contributed by atoms with E-state index in [2.05, 4.69) is 54.0 Å². The van der Waals surface area contributed by atoms with Gasteiger partial charge in [-0.2, -0.15) is 5.10 Å². The second-order valence-corrected chi connectivity index (χ2v) is 12.2. The molecular weight excluding hydrogens is 442 g/mol. The van der Waals surface area contributed by atoms with E-state index in [-0.39, 0.29) is 5.60 Å². The number of rotatable bonds is 3. The van der Waals surface area contributed by atoms with Gasteiger partial charge in [0.25, 0.3) is 0 Å². The fourth-order valence-corrected chi connectivity index (χ4v) is 8.32. The molecule has 178 valence electrons. The van der Waals surface area contributed by atoms with Gasteiger partial charge >= 0.3 is 0 Å². The molecule has 1 saturated carbocycles. The molecule has 0 amide bonds. The zero-order valence-electron chi connectivity index (χ0n) is 20.6. The van der Waals surface area contributed by atoms with Gasteiger partial charge in [0.05, 0.1) is 17.9 Å². The quantitative estimate of drug-likeness (QED) is 0.429. The van der Waals surface area contributed by atoms with Crippen molar-refractivity contribution in [3.8, 4) is 11.3 Å². The molecule has 0 atom stereocenters. The molecule has 6 nitrogen and oxygen atoms in total. The summed E-state index contributed by atoms with van der Waals surface area (Å²) in [6.45, 7) is 10.0. The van der Waals surface area contributed by atoms with Gasteiger partial charge in [0.1, 0.15) is 11.2 Å². The predicted molar refractivity (Wildman–Crippen MR) is 137 cm³/mol. The number of hydrogen-bond donors (Lipinski definition) is 1. The molecule has 0 bridgehead atoms. The number of pyridine rings is 1. The summed E-state index contributed by atoms with van der Waals surface area (Å²) in [6.07, 6.45) is 9.62. The summed E-state index contributed by atoms with van der Waals surface area (Å²) in [7, 11) is 2.22. The number of H-pyrrole nitrogens is 1. The highest BCUT2D eigenvalue weighted by atomic mass is 32.1. The third-order valence-corrected chi connectivity index (χ3v) is 9.86. The van der Waals surface area contributed by atoms with Gasteiger partial charge in [-0.3, -0.25) is 0 Å². The second-order valence-electron chi connectivity index (χ2n) is 11.1. The SMILES string of the molecule is Cc1c2c(C(C)C)c(-c3cn4ncnc4c4c3CCC4)[nH]c2sc1[C@H]1C[C@@]2(CN(C)CCO2)C1. The smallest absolute Gasteiger partial charge is 0.158 e. The molecular formula is C27H33N5OS. The van der Waals surface area contributed by atoms with Crippen LogP contribution in [0.2, 0.25) is 0 Å². The molecule has 5 heterocycles. The number of aryl methyl sites for hydroxylation is 2. The van der Waals surface area contributed by atoms with E-state index in [0.29, 0.717) is 11.8 Å². The van der Waals surface area contributed by atoms with Gasteiger partial charge in [-0.1, -0.05) is 13.8 Å². The minimum Gasteiger partial charge on any atom is -0.372 e. The topological polar surface area (TPSA) is 58.5 Å². The number of fused-ring (bicyclic) bond motifs is 4. The van der Waals surface area contributed by atoms with Gasteiger partial charge in [-0.25, -0.2) is 9.50 Å². The highest BCUT2D eigenvalue weighted by Gasteiger charge is 2.49.